The van der Waals surface area contributed by atoms with Gasteiger partial charge in [0, 0.05) is 48.0 Å². The second kappa shape index (κ2) is 18.4. The van der Waals surface area contributed by atoms with Gasteiger partial charge in [-0.1, -0.05) is 17.7 Å². The number of nitrogens with one attached hydrogen (secondary N) is 2. The van der Waals surface area contributed by atoms with Crippen LogP contribution in [0.1, 0.15) is 0 Å². The Kier molecular flexibility index (Phi) is 15.0. The van der Waals surface area contributed by atoms with Crippen molar-refractivity contribution in [3.8, 4) is 17.2 Å². The van der Waals surface area contributed by atoms with Crippen LogP contribution in [0.5, 0.6) is 17.2 Å². The Bertz CT molecular complexity index is 1200. The second-order valence-corrected chi connectivity index (χ2v) is 7.06. The molecule has 192 valence electrons. The maximum absolute atomic E-state index is 12.0. The molecule has 0 atom stereocenters. The molecule has 2 aromatic carbocycles. The van der Waals surface area contributed by atoms with E-state index in [1.54, 1.807) is 73.3 Å². The summed E-state index contributed by atoms with van der Waals surface area (Å²) in [7, 11) is 0. The minimum atomic E-state index is -0.331. The summed E-state index contributed by atoms with van der Waals surface area (Å²) in [6, 6.07) is 22.5. The van der Waals surface area contributed by atoms with E-state index in [1.165, 1.54) is 48.7 Å². The van der Waals surface area contributed by atoms with Gasteiger partial charge in [0.15, 0.2) is 5.43 Å². The van der Waals surface area contributed by atoms with Crippen molar-refractivity contribution < 1.29 is 19.7 Å². The Hall–Kier alpha value is -4.89. The fourth-order valence-electron chi connectivity index (χ4n) is 1.98. The predicted molar refractivity (Wildman–Crippen MR) is 141 cm³/mol. The van der Waals surface area contributed by atoms with Crippen molar-refractivity contribution in [1.82, 2.24) is 15.0 Å². The van der Waals surface area contributed by atoms with E-state index < -0.39 is 0 Å². The third-order valence-electron chi connectivity index (χ3n) is 3.67. The van der Waals surface area contributed by atoms with Crippen LogP contribution in [-0.4, -0.2) is 30.3 Å². The number of nitrogens with zero attached hydrogens (tertiary/aromatic N) is 1. The zero-order valence-corrected chi connectivity index (χ0v) is 20.2. The van der Waals surface area contributed by atoms with Crippen LogP contribution in [0.2, 0.25) is 5.02 Å². The van der Waals surface area contributed by atoms with E-state index in [1.807, 2.05) is 0 Å². The number of aromatic nitrogens is 3. The molecule has 0 bridgehead atoms. The first kappa shape index (κ1) is 30.1. The van der Waals surface area contributed by atoms with Crippen molar-refractivity contribution >= 4 is 11.6 Å². The number of phenols is 2. The third kappa shape index (κ3) is 17.2. The standard InChI is InChI=1S/C6H5ClO.C6H5FO.3C5H5NO/c2*7-5-1-3-6(8)4-2-5;7-5-1-3-6-4-2-5;7-5-2-1-3-6-4-5;7-5-3-1-2-4-6-5/h2*1-4,8H;1-4H,(H,6,7);1-4,7H;1-4H,(H,6,7). The number of halogens is 2. The van der Waals surface area contributed by atoms with Gasteiger partial charge < -0.3 is 25.3 Å². The summed E-state index contributed by atoms with van der Waals surface area (Å²) in [5.74, 6) is 0.214. The van der Waals surface area contributed by atoms with Crippen LogP contribution in [0.15, 0.2) is 132 Å². The smallest absolute Gasteiger partial charge is 0.247 e. The van der Waals surface area contributed by atoms with Crippen LogP contribution in [0.25, 0.3) is 0 Å². The predicted octanol–water partition coefficient (Wildman–Crippen LogP) is 5.11. The molecule has 0 radical (unpaired) electrons. The maximum atomic E-state index is 12.0. The minimum absolute atomic E-state index is 0.0405. The van der Waals surface area contributed by atoms with Crippen LogP contribution in [0.3, 0.4) is 0 Å². The molecule has 0 saturated carbocycles. The Balaban J connectivity index is 0.000000232. The molecule has 37 heavy (non-hydrogen) atoms. The summed E-state index contributed by atoms with van der Waals surface area (Å²) in [5.41, 5.74) is -0.0127. The lowest BCUT2D eigenvalue weighted by Crippen LogP contribution is -1.98. The second-order valence-electron chi connectivity index (χ2n) is 6.63. The Morgan fingerprint density at radius 2 is 1.27 bits per heavy atom. The van der Waals surface area contributed by atoms with Gasteiger partial charge in [-0.05, 0) is 66.7 Å². The van der Waals surface area contributed by atoms with E-state index in [0.29, 0.717) is 5.02 Å². The first-order chi connectivity index (χ1) is 17.8. The highest BCUT2D eigenvalue weighted by Crippen LogP contribution is 2.12. The maximum Gasteiger partial charge on any atom is 0.247 e. The molecule has 5 N–H and O–H groups in total. The Morgan fingerprint density at radius 3 is 1.57 bits per heavy atom. The average Bonchev–Trinajstić information content (AvgIpc) is 2.90. The van der Waals surface area contributed by atoms with Crippen LogP contribution < -0.4 is 11.0 Å². The fraction of sp³-hybridized carbons (Fsp3) is 0. The highest BCUT2D eigenvalue weighted by molar-refractivity contribution is 6.30. The van der Waals surface area contributed by atoms with Crippen LogP contribution >= 0.6 is 11.6 Å². The van der Waals surface area contributed by atoms with Crippen molar-refractivity contribution in [1.29, 1.82) is 0 Å². The number of hydrogen-bond donors (Lipinski definition) is 5. The molecule has 0 aliphatic carbocycles. The highest BCUT2D eigenvalue weighted by Gasteiger charge is 1.86. The molecule has 8 nitrogen and oxygen atoms in total. The topological polar surface area (TPSA) is 139 Å². The van der Waals surface area contributed by atoms with Gasteiger partial charge in [0.1, 0.15) is 23.1 Å². The summed E-state index contributed by atoms with van der Waals surface area (Å²) in [6.45, 7) is 0. The minimum Gasteiger partial charge on any atom is -0.508 e. The van der Waals surface area contributed by atoms with E-state index in [9.17, 15) is 14.0 Å². The lowest BCUT2D eigenvalue weighted by Gasteiger charge is -1.87. The van der Waals surface area contributed by atoms with Gasteiger partial charge in [0.25, 0.3) is 0 Å². The monoisotopic (exact) mass is 525 g/mol. The number of benzene rings is 2. The largest absolute Gasteiger partial charge is 0.508 e. The lowest BCUT2D eigenvalue weighted by atomic mass is 10.3. The lowest BCUT2D eigenvalue weighted by molar-refractivity contribution is 0.472. The Morgan fingerprint density at radius 1 is 0.676 bits per heavy atom. The van der Waals surface area contributed by atoms with Gasteiger partial charge in [-0.2, -0.15) is 0 Å². The van der Waals surface area contributed by atoms with Crippen molar-refractivity contribution in [3.63, 3.8) is 0 Å². The zero-order chi connectivity index (χ0) is 27.3. The average molecular weight is 526 g/mol. The van der Waals surface area contributed by atoms with E-state index >= 15 is 0 Å². The molecule has 0 aliphatic heterocycles. The molecule has 0 amide bonds. The third-order valence-corrected chi connectivity index (χ3v) is 3.92. The number of pyridine rings is 3. The molecule has 5 aromatic rings. The number of H-pyrrole nitrogens is 2. The fourth-order valence-corrected chi connectivity index (χ4v) is 2.11. The summed E-state index contributed by atoms with van der Waals surface area (Å²) in [6.07, 6.45) is 7.80. The van der Waals surface area contributed by atoms with Gasteiger partial charge in [-0.3, -0.25) is 14.6 Å². The number of aromatic amines is 2. The van der Waals surface area contributed by atoms with E-state index in [0.717, 1.165) is 0 Å². The molecule has 0 spiro atoms. The van der Waals surface area contributed by atoms with Gasteiger partial charge in [0.2, 0.25) is 5.56 Å². The van der Waals surface area contributed by atoms with Gasteiger partial charge in [0.05, 0.1) is 6.20 Å². The van der Waals surface area contributed by atoms with Gasteiger partial charge in [-0.25, -0.2) is 4.39 Å². The van der Waals surface area contributed by atoms with Crippen molar-refractivity contribution in [2.45, 2.75) is 0 Å². The first-order valence-corrected chi connectivity index (χ1v) is 10.9. The molecular formula is C27H25ClFN3O5. The number of aromatic hydroxyl groups is 3. The van der Waals surface area contributed by atoms with Gasteiger partial charge in [-0.15, -0.1) is 0 Å². The summed E-state index contributed by atoms with van der Waals surface area (Å²) in [5, 5.41) is 26.5. The van der Waals surface area contributed by atoms with Crippen molar-refractivity contribution in [2.24, 2.45) is 0 Å². The van der Waals surface area contributed by atoms with Crippen molar-refractivity contribution in [3.05, 3.63) is 153 Å². The van der Waals surface area contributed by atoms with Crippen LogP contribution in [0, 0.1) is 5.82 Å². The van der Waals surface area contributed by atoms with Crippen LogP contribution in [0.4, 0.5) is 4.39 Å². The SMILES string of the molecule is O=c1cc[nH]cc1.O=c1cccc[nH]1.Oc1ccc(Cl)cc1.Oc1ccc(F)cc1.Oc1cccnc1. The van der Waals surface area contributed by atoms with E-state index in [2.05, 4.69) is 15.0 Å². The van der Waals surface area contributed by atoms with E-state index in [4.69, 9.17) is 26.9 Å². The highest BCUT2D eigenvalue weighted by atomic mass is 35.5. The summed E-state index contributed by atoms with van der Waals surface area (Å²) < 4.78 is 12.0. The Labute approximate surface area is 217 Å². The van der Waals surface area contributed by atoms with Gasteiger partial charge >= 0.3 is 0 Å². The first-order valence-electron chi connectivity index (χ1n) is 10.5. The summed E-state index contributed by atoms with van der Waals surface area (Å²) in [4.78, 5) is 29.3. The molecule has 0 unspecified atom stereocenters. The number of phenolic OH excluding ortho intramolecular Hbond substituents is 2. The molecule has 5 rings (SSSR count). The molecule has 0 saturated heterocycles. The molecule has 0 aliphatic rings. The number of rotatable bonds is 0. The molecule has 3 aromatic heterocycles. The molecule has 3 heterocycles. The summed E-state index contributed by atoms with van der Waals surface area (Å²) >= 11 is 5.50. The molecular weight excluding hydrogens is 501 g/mol. The normalized spacial score (nSPS) is 8.81. The number of hydrogen-bond acceptors (Lipinski definition) is 6. The van der Waals surface area contributed by atoms with E-state index in [-0.39, 0.29) is 34.1 Å². The van der Waals surface area contributed by atoms with Crippen molar-refractivity contribution in [2.75, 3.05) is 0 Å². The zero-order valence-electron chi connectivity index (χ0n) is 19.4. The molecule has 0 fully saturated rings. The quantitative estimate of drug-likeness (QED) is 0.190. The molecule has 10 heteroatoms. The van der Waals surface area contributed by atoms with Crippen LogP contribution in [-0.2, 0) is 0 Å².